The number of rotatable bonds is 3. The van der Waals surface area contributed by atoms with E-state index >= 15 is 17.6 Å². The second-order valence-corrected chi connectivity index (χ2v) is 10.3. The number of nitrogens with zero attached hydrogens (tertiary/aromatic N) is 9. The van der Waals surface area contributed by atoms with Gasteiger partial charge in [-0.1, -0.05) is 0 Å². The van der Waals surface area contributed by atoms with Gasteiger partial charge in [-0.25, -0.2) is 36.3 Å². The average molecular weight is 795 g/mol. The van der Waals surface area contributed by atoms with E-state index in [0.717, 1.165) is 36.4 Å². The highest BCUT2D eigenvalue weighted by molar-refractivity contribution is 6.12. The molecule has 56 heavy (non-hydrogen) atoms. The lowest BCUT2D eigenvalue weighted by Crippen LogP contribution is -2.25. The predicted molar refractivity (Wildman–Crippen MR) is 146 cm³/mol. The van der Waals surface area contributed by atoms with Gasteiger partial charge in [0.1, 0.15) is 64.7 Å². The first-order chi connectivity index (χ1) is 25.9. The van der Waals surface area contributed by atoms with Gasteiger partial charge in [0.25, 0.3) is 0 Å². The molecule has 1 aromatic heterocycles. The Labute approximate surface area is 298 Å². The van der Waals surface area contributed by atoms with Crippen LogP contribution >= 0.6 is 0 Å². The molecule has 0 bridgehead atoms. The molecule has 0 aliphatic heterocycles. The standard InChI is InChI=1S/C32F15N9/c33-21-8(1-48)10(3-50)23(35)25(37)18(21)12(5-52)15-16(13(6-53)19-22(34)9(2-49)11(4-51)24(36)26(19)38)17(15)14(7-54)20-27(30(39,40)41)55-29(32(45,46)47)56-28(20)31(42,43)44/b15-12-,16-13+,17-14?. The van der Waals surface area contributed by atoms with Crippen LogP contribution in [0.1, 0.15) is 56.2 Å². The Morgan fingerprint density at radius 2 is 0.643 bits per heavy atom. The third kappa shape index (κ3) is 6.30. The van der Waals surface area contributed by atoms with Crippen LogP contribution in [0.4, 0.5) is 65.9 Å². The fraction of sp³-hybridized carbons (Fsp3) is 0.0938. The maximum Gasteiger partial charge on any atom is 0.451 e. The smallest absolute Gasteiger partial charge is 0.219 e. The molecule has 3 aromatic rings. The third-order valence-electron chi connectivity index (χ3n) is 7.31. The van der Waals surface area contributed by atoms with E-state index in [9.17, 15) is 74.6 Å². The monoisotopic (exact) mass is 795 g/mol. The molecule has 2 aromatic carbocycles. The van der Waals surface area contributed by atoms with E-state index in [0.29, 0.717) is 6.07 Å². The van der Waals surface area contributed by atoms with Crippen molar-refractivity contribution in [1.82, 2.24) is 9.97 Å². The summed E-state index contributed by atoms with van der Waals surface area (Å²) in [5.74, 6) is -18.0. The van der Waals surface area contributed by atoms with Crippen molar-refractivity contribution in [2.45, 2.75) is 18.5 Å². The van der Waals surface area contributed by atoms with Crippen molar-refractivity contribution in [3.63, 3.8) is 0 Å². The molecular formula is C32F15N9. The van der Waals surface area contributed by atoms with Gasteiger partial charge in [0.05, 0.1) is 33.4 Å². The van der Waals surface area contributed by atoms with Gasteiger partial charge in [-0.3, -0.25) is 0 Å². The fourth-order valence-corrected chi connectivity index (χ4v) is 5.06. The van der Waals surface area contributed by atoms with Crippen LogP contribution in [-0.2, 0) is 18.5 Å². The van der Waals surface area contributed by atoms with Crippen LogP contribution in [0.3, 0.4) is 0 Å². The second-order valence-electron chi connectivity index (χ2n) is 10.3. The van der Waals surface area contributed by atoms with E-state index < -0.39 is 143 Å². The Kier molecular flexibility index (Phi) is 10.1. The molecule has 1 aliphatic carbocycles. The van der Waals surface area contributed by atoms with E-state index in [1.54, 1.807) is 0 Å². The van der Waals surface area contributed by atoms with Crippen LogP contribution in [-0.4, -0.2) is 9.97 Å². The summed E-state index contributed by atoms with van der Waals surface area (Å²) in [6, 6.07) is 5.95. The van der Waals surface area contributed by atoms with Crippen molar-refractivity contribution >= 4 is 16.7 Å². The number of nitriles is 7. The summed E-state index contributed by atoms with van der Waals surface area (Å²) in [6.07, 6.45) is -19.0. The highest BCUT2D eigenvalue weighted by atomic mass is 19.4. The van der Waals surface area contributed by atoms with Crippen LogP contribution in [0.15, 0.2) is 16.7 Å². The molecule has 0 radical (unpaired) electrons. The highest BCUT2D eigenvalue weighted by Gasteiger charge is 2.52. The second kappa shape index (κ2) is 13.8. The molecule has 9 nitrogen and oxygen atoms in total. The molecule has 0 N–H and O–H groups in total. The molecule has 1 fully saturated rings. The summed E-state index contributed by atoms with van der Waals surface area (Å²) in [6.45, 7) is 0. The van der Waals surface area contributed by atoms with Crippen molar-refractivity contribution in [3.05, 3.63) is 108 Å². The Balaban J connectivity index is 2.50. The largest absolute Gasteiger partial charge is 0.451 e. The molecular weight excluding hydrogens is 795 g/mol. The first-order valence-corrected chi connectivity index (χ1v) is 13.5. The molecule has 278 valence electrons. The van der Waals surface area contributed by atoms with Crippen LogP contribution < -0.4 is 0 Å². The molecule has 1 aliphatic rings. The molecule has 4 rings (SSSR count). The van der Waals surface area contributed by atoms with Crippen LogP contribution in [0, 0.1) is 114 Å². The highest BCUT2D eigenvalue weighted by Crippen LogP contribution is 2.58. The Morgan fingerprint density at radius 1 is 0.375 bits per heavy atom. The minimum atomic E-state index is -6.42. The number of aromatic nitrogens is 2. The zero-order valence-electron chi connectivity index (χ0n) is 25.7. The fourth-order valence-electron chi connectivity index (χ4n) is 5.06. The molecule has 0 amide bonds. The summed E-state index contributed by atoms with van der Waals surface area (Å²) >= 11 is 0. The van der Waals surface area contributed by atoms with Gasteiger partial charge in [-0.2, -0.15) is 76.3 Å². The van der Waals surface area contributed by atoms with Crippen molar-refractivity contribution < 1.29 is 65.9 Å². The lowest BCUT2D eigenvalue weighted by molar-refractivity contribution is -0.159. The van der Waals surface area contributed by atoms with E-state index in [-0.39, 0.29) is 0 Å². The molecule has 1 heterocycles. The van der Waals surface area contributed by atoms with Crippen molar-refractivity contribution in [1.29, 1.82) is 36.8 Å². The third-order valence-corrected chi connectivity index (χ3v) is 7.31. The number of hydrogen-bond donors (Lipinski definition) is 0. The zero-order chi connectivity index (χ0) is 42.6. The topological polar surface area (TPSA) is 192 Å². The number of benzene rings is 2. The number of hydrogen-bond acceptors (Lipinski definition) is 9. The van der Waals surface area contributed by atoms with Gasteiger partial charge in [-0.05, 0) is 0 Å². The Bertz CT molecular complexity index is 2570. The van der Waals surface area contributed by atoms with Gasteiger partial charge in [0.15, 0.2) is 46.3 Å². The summed E-state index contributed by atoms with van der Waals surface area (Å²) < 4.78 is 218. The predicted octanol–water partition coefficient (Wildman–Crippen LogP) is 8.10. The average Bonchev–Trinajstić information content (AvgIpc) is 3.83. The maximum absolute atomic E-state index is 15.6. The number of allylic oxidation sites excluding steroid dienone is 6. The van der Waals surface area contributed by atoms with E-state index in [1.807, 2.05) is 9.97 Å². The molecule has 1 saturated carbocycles. The zero-order valence-corrected chi connectivity index (χ0v) is 25.7. The van der Waals surface area contributed by atoms with E-state index in [4.69, 9.17) is 10.5 Å². The van der Waals surface area contributed by atoms with Gasteiger partial charge in [0.2, 0.25) is 5.82 Å². The molecule has 0 unspecified atom stereocenters. The van der Waals surface area contributed by atoms with Gasteiger partial charge in [0, 0.05) is 16.7 Å². The van der Waals surface area contributed by atoms with Crippen molar-refractivity contribution in [2.24, 2.45) is 0 Å². The van der Waals surface area contributed by atoms with Crippen LogP contribution in [0.2, 0.25) is 0 Å². The lowest BCUT2D eigenvalue weighted by Gasteiger charge is -2.18. The van der Waals surface area contributed by atoms with Gasteiger partial charge < -0.3 is 0 Å². The van der Waals surface area contributed by atoms with Gasteiger partial charge >= 0.3 is 18.5 Å². The molecule has 0 saturated heterocycles. The lowest BCUT2D eigenvalue weighted by atomic mass is 9.95. The quantitative estimate of drug-likeness (QED) is 0.143. The minimum absolute atomic E-state index is 0.664. The first-order valence-electron chi connectivity index (χ1n) is 13.5. The number of alkyl halides is 9. The Morgan fingerprint density at radius 3 is 0.875 bits per heavy atom. The maximum atomic E-state index is 15.6. The van der Waals surface area contributed by atoms with Crippen molar-refractivity contribution in [3.8, 4) is 42.5 Å². The van der Waals surface area contributed by atoms with Crippen molar-refractivity contribution in [2.75, 3.05) is 0 Å². The molecule has 24 heteroatoms. The minimum Gasteiger partial charge on any atom is -0.219 e. The summed E-state index contributed by atoms with van der Waals surface area (Å²) in [5.41, 5.74) is -31.7. The molecule has 0 atom stereocenters. The normalized spacial score (nSPS) is 15.2. The van der Waals surface area contributed by atoms with Gasteiger partial charge in [-0.15, -0.1) is 0 Å². The van der Waals surface area contributed by atoms with E-state index in [2.05, 4.69) is 0 Å². The van der Waals surface area contributed by atoms with Crippen LogP contribution in [0.25, 0.3) is 16.7 Å². The van der Waals surface area contributed by atoms with Crippen LogP contribution in [0.5, 0.6) is 0 Å². The summed E-state index contributed by atoms with van der Waals surface area (Å²) in [4.78, 5) is 4.09. The Hall–Kier alpha value is -7.88. The SMILES string of the molecule is N#CC(=C1C(=C(/C#N)c2c(F)c(F)c(C#N)c(C#N)c2F)/C1=C(/C#N)c1c(F)c(F)c(C#N)c(C#N)c1F)c1c(C(F)(F)F)nc(C(F)(F)F)nc1C(F)(F)F. The molecule has 0 spiro atoms. The summed E-state index contributed by atoms with van der Waals surface area (Å²) in [7, 11) is 0. The number of halogens is 15. The first kappa shape index (κ1) is 40.9. The van der Waals surface area contributed by atoms with E-state index in [1.165, 1.54) is 0 Å². The summed E-state index contributed by atoms with van der Waals surface area (Å²) in [5, 5.41) is 66.7.